The number of hydrogen-bond acceptors (Lipinski definition) is 8. The molecule has 3 heterocycles. The number of fused-ring (bicyclic) bond motifs is 2. The van der Waals surface area contributed by atoms with Gasteiger partial charge in [0, 0.05) is 17.8 Å². The van der Waals surface area contributed by atoms with Crippen molar-refractivity contribution in [2.75, 3.05) is 29.3 Å². The van der Waals surface area contributed by atoms with E-state index in [0.29, 0.717) is 33.1 Å². The van der Waals surface area contributed by atoms with E-state index in [1.54, 1.807) is 18.2 Å². The zero-order valence-corrected chi connectivity index (χ0v) is 17.3. The first-order chi connectivity index (χ1) is 14.7. The highest BCUT2D eigenvalue weighted by molar-refractivity contribution is 8.01. The summed E-state index contributed by atoms with van der Waals surface area (Å²) in [5, 5.41) is 11.2. The minimum absolute atomic E-state index is 0.0334. The van der Waals surface area contributed by atoms with E-state index in [9.17, 15) is 9.59 Å². The number of aromatic nitrogens is 2. The first-order valence-electron chi connectivity index (χ1n) is 9.23. The van der Waals surface area contributed by atoms with Gasteiger partial charge in [0.05, 0.1) is 5.75 Å². The van der Waals surface area contributed by atoms with Crippen LogP contribution in [0.2, 0.25) is 0 Å². The van der Waals surface area contributed by atoms with Gasteiger partial charge in [-0.05, 0) is 36.2 Å². The molecule has 0 saturated heterocycles. The van der Waals surface area contributed by atoms with Crippen molar-refractivity contribution in [1.82, 2.24) is 10.2 Å². The molecule has 0 radical (unpaired) electrons. The van der Waals surface area contributed by atoms with E-state index in [0.717, 1.165) is 12.1 Å². The molecule has 1 aromatic heterocycles. The fourth-order valence-electron chi connectivity index (χ4n) is 3.32. The summed E-state index contributed by atoms with van der Waals surface area (Å²) in [6.45, 7) is 0.852. The zero-order chi connectivity index (χ0) is 20.5. The van der Waals surface area contributed by atoms with Crippen LogP contribution in [0.15, 0.2) is 46.8 Å². The lowest BCUT2D eigenvalue weighted by Crippen LogP contribution is -2.30. The SMILES string of the molecule is O=C(Nc1nnc(SCC(=O)N2CCc3ccccc32)s1)c1ccc2c(c1)OCO2. The van der Waals surface area contributed by atoms with Crippen LogP contribution < -0.4 is 19.7 Å². The number of hydrogen-bond donors (Lipinski definition) is 1. The molecule has 2 aliphatic heterocycles. The molecule has 2 aliphatic rings. The monoisotopic (exact) mass is 440 g/mol. The number of amides is 2. The maximum absolute atomic E-state index is 12.6. The lowest BCUT2D eigenvalue weighted by Gasteiger charge is -2.16. The minimum atomic E-state index is -0.314. The van der Waals surface area contributed by atoms with Gasteiger partial charge >= 0.3 is 0 Å². The first-order valence-corrected chi connectivity index (χ1v) is 11.0. The zero-order valence-electron chi connectivity index (χ0n) is 15.7. The quantitative estimate of drug-likeness (QED) is 0.481. The molecule has 3 aromatic rings. The summed E-state index contributed by atoms with van der Waals surface area (Å²) in [5.41, 5.74) is 2.61. The third-order valence-corrected chi connectivity index (χ3v) is 6.73. The number of benzene rings is 2. The summed E-state index contributed by atoms with van der Waals surface area (Å²) in [6.07, 6.45) is 0.876. The number of ether oxygens (including phenoxy) is 2. The molecule has 1 N–H and O–H groups in total. The van der Waals surface area contributed by atoms with Crippen molar-refractivity contribution in [3.05, 3.63) is 53.6 Å². The number of para-hydroxylation sites is 1. The molecule has 0 fully saturated rings. The van der Waals surface area contributed by atoms with Gasteiger partial charge in [0.25, 0.3) is 5.91 Å². The van der Waals surface area contributed by atoms with E-state index in [2.05, 4.69) is 21.6 Å². The van der Waals surface area contributed by atoms with Gasteiger partial charge in [-0.25, -0.2) is 0 Å². The van der Waals surface area contributed by atoms with Crippen molar-refractivity contribution < 1.29 is 19.1 Å². The van der Waals surface area contributed by atoms with Crippen LogP contribution in [0.5, 0.6) is 11.5 Å². The Hall–Kier alpha value is -3.11. The topological polar surface area (TPSA) is 93.7 Å². The van der Waals surface area contributed by atoms with Crippen LogP contribution in [0.3, 0.4) is 0 Å². The van der Waals surface area contributed by atoms with Crippen LogP contribution in [0, 0.1) is 0 Å². The van der Waals surface area contributed by atoms with Gasteiger partial charge in [-0.15, -0.1) is 10.2 Å². The average Bonchev–Trinajstić information content (AvgIpc) is 3.50. The normalized spacial score (nSPS) is 13.9. The van der Waals surface area contributed by atoms with E-state index in [-0.39, 0.29) is 24.4 Å². The summed E-state index contributed by atoms with van der Waals surface area (Å²) in [6, 6.07) is 12.9. The Morgan fingerprint density at radius 1 is 1.13 bits per heavy atom. The number of nitrogens with one attached hydrogen (secondary N) is 1. The lowest BCUT2D eigenvalue weighted by molar-refractivity contribution is -0.116. The molecule has 2 aromatic carbocycles. The highest BCUT2D eigenvalue weighted by atomic mass is 32.2. The van der Waals surface area contributed by atoms with E-state index in [1.165, 1.54) is 28.7 Å². The second kappa shape index (κ2) is 7.96. The smallest absolute Gasteiger partial charge is 0.257 e. The van der Waals surface area contributed by atoms with Gasteiger partial charge < -0.3 is 14.4 Å². The second-order valence-corrected chi connectivity index (χ2v) is 8.81. The summed E-state index contributed by atoms with van der Waals surface area (Å²) in [5.74, 6) is 1.14. The Labute approximate surface area is 180 Å². The molecule has 0 unspecified atom stereocenters. The molecule has 8 nitrogen and oxygen atoms in total. The van der Waals surface area contributed by atoms with Crippen molar-refractivity contribution in [2.45, 2.75) is 10.8 Å². The molecule has 10 heteroatoms. The molecule has 0 aliphatic carbocycles. The molecule has 0 bridgehead atoms. The molecular weight excluding hydrogens is 424 g/mol. The van der Waals surface area contributed by atoms with Gasteiger partial charge in [-0.2, -0.15) is 0 Å². The number of carbonyl (C=O) groups is 2. The molecule has 30 heavy (non-hydrogen) atoms. The number of thioether (sulfide) groups is 1. The van der Waals surface area contributed by atoms with E-state index in [1.807, 2.05) is 23.1 Å². The summed E-state index contributed by atoms with van der Waals surface area (Å²) in [4.78, 5) is 26.9. The molecular formula is C20H16N4O4S2. The van der Waals surface area contributed by atoms with Crippen LogP contribution in [-0.4, -0.2) is 41.1 Å². The van der Waals surface area contributed by atoms with E-state index in [4.69, 9.17) is 9.47 Å². The van der Waals surface area contributed by atoms with Gasteiger partial charge in [0.15, 0.2) is 15.8 Å². The third-order valence-electron chi connectivity index (χ3n) is 4.77. The lowest BCUT2D eigenvalue weighted by atomic mass is 10.2. The highest BCUT2D eigenvalue weighted by Crippen LogP contribution is 2.33. The molecule has 0 saturated carbocycles. The Kier molecular flexibility index (Phi) is 5.01. The van der Waals surface area contributed by atoms with Gasteiger partial charge in [0.2, 0.25) is 17.8 Å². The number of nitrogens with zero attached hydrogens (tertiary/aromatic N) is 3. The van der Waals surface area contributed by atoms with Gasteiger partial charge in [-0.3, -0.25) is 14.9 Å². The largest absolute Gasteiger partial charge is 0.454 e. The predicted molar refractivity (Wildman–Crippen MR) is 114 cm³/mol. The summed E-state index contributed by atoms with van der Waals surface area (Å²) in [7, 11) is 0. The Balaban J connectivity index is 1.18. The maximum Gasteiger partial charge on any atom is 0.257 e. The standard InChI is InChI=1S/C20H16N4O4S2/c25-17(24-8-7-12-3-1-2-4-14(12)24)10-29-20-23-22-19(30-20)21-18(26)13-5-6-15-16(9-13)28-11-27-15/h1-6,9H,7-8,10-11H2,(H,21,22,26). The first kappa shape index (κ1) is 18.9. The molecule has 0 atom stereocenters. The fourth-order valence-corrected chi connectivity index (χ4v) is 4.95. The molecule has 2 amide bonds. The van der Waals surface area contributed by atoms with Crippen LogP contribution in [-0.2, 0) is 11.2 Å². The second-order valence-electron chi connectivity index (χ2n) is 6.61. The Morgan fingerprint density at radius 2 is 2.00 bits per heavy atom. The number of carbonyl (C=O) groups excluding carboxylic acids is 2. The fraction of sp³-hybridized carbons (Fsp3) is 0.200. The Bertz CT molecular complexity index is 1130. The number of anilines is 2. The van der Waals surface area contributed by atoms with Gasteiger partial charge in [0.1, 0.15) is 0 Å². The molecule has 5 rings (SSSR count). The van der Waals surface area contributed by atoms with Crippen molar-refractivity contribution in [3.63, 3.8) is 0 Å². The van der Waals surface area contributed by atoms with Crippen molar-refractivity contribution >= 4 is 45.7 Å². The maximum atomic E-state index is 12.6. The highest BCUT2D eigenvalue weighted by Gasteiger charge is 2.24. The minimum Gasteiger partial charge on any atom is -0.454 e. The Morgan fingerprint density at radius 3 is 2.93 bits per heavy atom. The van der Waals surface area contributed by atoms with Crippen LogP contribution in [0.4, 0.5) is 10.8 Å². The summed E-state index contributed by atoms with van der Waals surface area (Å²) >= 11 is 2.55. The van der Waals surface area contributed by atoms with Crippen molar-refractivity contribution in [2.24, 2.45) is 0 Å². The van der Waals surface area contributed by atoms with Crippen LogP contribution >= 0.6 is 23.1 Å². The van der Waals surface area contributed by atoms with Crippen LogP contribution in [0.1, 0.15) is 15.9 Å². The van der Waals surface area contributed by atoms with Crippen LogP contribution in [0.25, 0.3) is 0 Å². The predicted octanol–water partition coefficient (Wildman–Crippen LogP) is 3.20. The van der Waals surface area contributed by atoms with E-state index < -0.39 is 0 Å². The third kappa shape index (κ3) is 3.71. The molecule has 0 spiro atoms. The van der Waals surface area contributed by atoms with E-state index >= 15 is 0 Å². The van der Waals surface area contributed by atoms with Crippen molar-refractivity contribution in [1.29, 1.82) is 0 Å². The number of rotatable bonds is 5. The average molecular weight is 441 g/mol. The van der Waals surface area contributed by atoms with Crippen molar-refractivity contribution in [3.8, 4) is 11.5 Å². The molecule has 152 valence electrons. The summed E-state index contributed by atoms with van der Waals surface area (Å²) < 4.78 is 11.2. The van der Waals surface area contributed by atoms with Gasteiger partial charge in [-0.1, -0.05) is 41.3 Å².